The number of aromatic nitrogens is 1. The number of benzene rings is 1. The van der Waals surface area contributed by atoms with Gasteiger partial charge >= 0.3 is 0 Å². The molecule has 5 nitrogen and oxygen atoms in total. The highest BCUT2D eigenvalue weighted by molar-refractivity contribution is 6.29. The Morgan fingerprint density at radius 2 is 1.95 bits per heavy atom. The third kappa shape index (κ3) is 3.00. The maximum atomic E-state index is 5.85. The topological polar surface area (TPSA) is 69.4 Å². The highest BCUT2D eigenvalue weighted by Gasteiger charge is 2.08. The van der Waals surface area contributed by atoms with E-state index in [2.05, 4.69) is 10.3 Å². The molecule has 0 amide bonds. The van der Waals surface area contributed by atoms with Crippen molar-refractivity contribution >= 4 is 28.8 Å². The Balaban J connectivity index is 2.35. The van der Waals surface area contributed by atoms with Crippen molar-refractivity contribution in [2.45, 2.75) is 0 Å². The molecule has 0 atom stereocenters. The van der Waals surface area contributed by atoms with Gasteiger partial charge in [0.1, 0.15) is 16.7 Å². The molecule has 19 heavy (non-hydrogen) atoms. The average molecular weight is 280 g/mol. The molecular weight excluding hydrogens is 266 g/mol. The molecule has 3 N–H and O–H groups in total. The van der Waals surface area contributed by atoms with E-state index in [1.54, 1.807) is 32.4 Å². The summed E-state index contributed by atoms with van der Waals surface area (Å²) in [6.45, 7) is 0. The Morgan fingerprint density at radius 1 is 1.16 bits per heavy atom. The number of halogens is 1. The number of anilines is 3. The number of hydrogen-bond acceptors (Lipinski definition) is 5. The average Bonchev–Trinajstić information content (AvgIpc) is 2.43. The highest BCUT2D eigenvalue weighted by atomic mass is 35.5. The molecule has 0 bridgehead atoms. The van der Waals surface area contributed by atoms with Gasteiger partial charge in [0.15, 0.2) is 5.82 Å². The summed E-state index contributed by atoms with van der Waals surface area (Å²) in [5, 5.41) is 3.45. The van der Waals surface area contributed by atoms with E-state index in [-0.39, 0.29) is 0 Å². The first-order valence-electron chi connectivity index (χ1n) is 5.55. The first kappa shape index (κ1) is 13.3. The van der Waals surface area contributed by atoms with Gasteiger partial charge < -0.3 is 20.5 Å². The number of methoxy groups -OCH3 is 2. The SMILES string of the molecule is COc1ccc(Nc2nc(Cl)ccc2N)c(OC)c1. The first-order chi connectivity index (χ1) is 9.13. The van der Waals surface area contributed by atoms with Gasteiger partial charge in [-0.25, -0.2) is 4.98 Å². The van der Waals surface area contributed by atoms with Crippen LogP contribution >= 0.6 is 11.6 Å². The number of hydrogen-bond donors (Lipinski definition) is 2. The fraction of sp³-hybridized carbons (Fsp3) is 0.154. The van der Waals surface area contributed by atoms with Crippen LogP contribution in [0, 0.1) is 0 Å². The van der Waals surface area contributed by atoms with Gasteiger partial charge in [0, 0.05) is 6.07 Å². The Morgan fingerprint density at radius 3 is 2.63 bits per heavy atom. The third-order valence-electron chi connectivity index (χ3n) is 2.55. The van der Waals surface area contributed by atoms with Crippen LogP contribution < -0.4 is 20.5 Å². The lowest BCUT2D eigenvalue weighted by Gasteiger charge is -2.13. The minimum absolute atomic E-state index is 0.365. The van der Waals surface area contributed by atoms with Gasteiger partial charge in [0.25, 0.3) is 0 Å². The van der Waals surface area contributed by atoms with Crippen LogP contribution in [0.3, 0.4) is 0 Å². The molecule has 1 aromatic heterocycles. The van der Waals surface area contributed by atoms with Crippen LogP contribution in [0.1, 0.15) is 0 Å². The van der Waals surface area contributed by atoms with Gasteiger partial charge in [-0.05, 0) is 24.3 Å². The van der Waals surface area contributed by atoms with Gasteiger partial charge in [0.05, 0.1) is 25.6 Å². The fourth-order valence-corrected chi connectivity index (χ4v) is 1.72. The van der Waals surface area contributed by atoms with Crippen LogP contribution in [0.2, 0.25) is 5.15 Å². The lowest BCUT2D eigenvalue weighted by Crippen LogP contribution is -2.01. The van der Waals surface area contributed by atoms with Crippen LogP contribution in [0.5, 0.6) is 11.5 Å². The van der Waals surface area contributed by atoms with Crippen LogP contribution in [-0.4, -0.2) is 19.2 Å². The Hall–Kier alpha value is -2.14. The maximum absolute atomic E-state index is 5.85. The van der Waals surface area contributed by atoms with Gasteiger partial charge in [-0.1, -0.05) is 11.6 Å². The van der Waals surface area contributed by atoms with E-state index in [4.69, 9.17) is 26.8 Å². The molecule has 2 rings (SSSR count). The van der Waals surface area contributed by atoms with E-state index in [0.29, 0.717) is 28.2 Å². The van der Waals surface area contributed by atoms with Crippen molar-refractivity contribution < 1.29 is 9.47 Å². The van der Waals surface area contributed by atoms with Crippen molar-refractivity contribution in [3.8, 4) is 11.5 Å². The molecule has 0 aliphatic heterocycles. The molecule has 0 saturated carbocycles. The number of rotatable bonds is 4. The molecule has 1 heterocycles. The Kier molecular flexibility index (Phi) is 3.97. The summed E-state index contributed by atoms with van der Waals surface area (Å²) in [5.74, 6) is 1.81. The molecule has 0 aliphatic carbocycles. The third-order valence-corrected chi connectivity index (χ3v) is 2.76. The summed E-state index contributed by atoms with van der Waals surface area (Å²) in [6.07, 6.45) is 0. The molecular formula is C13H14ClN3O2. The number of nitrogen functional groups attached to an aromatic ring is 1. The number of nitrogens with zero attached hydrogens (tertiary/aromatic N) is 1. The molecule has 0 spiro atoms. The highest BCUT2D eigenvalue weighted by Crippen LogP contribution is 2.32. The Labute approximate surface area is 116 Å². The molecule has 0 unspecified atom stereocenters. The molecule has 0 saturated heterocycles. The number of nitrogens with one attached hydrogen (secondary N) is 1. The zero-order chi connectivity index (χ0) is 13.8. The van der Waals surface area contributed by atoms with E-state index in [1.165, 1.54) is 0 Å². The summed E-state index contributed by atoms with van der Waals surface area (Å²) >= 11 is 5.85. The van der Waals surface area contributed by atoms with E-state index in [9.17, 15) is 0 Å². The molecule has 6 heteroatoms. The molecule has 0 fully saturated rings. The normalized spacial score (nSPS) is 10.1. The standard InChI is InChI=1S/C13H14ClN3O2/c1-18-8-3-5-10(11(7-8)19-2)16-13-9(15)4-6-12(14)17-13/h3-7H,15H2,1-2H3,(H,16,17). The van der Waals surface area contributed by atoms with Crippen molar-refractivity contribution in [1.29, 1.82) is 0 Å². The molecule has 2 aromatic rings. The maximum Gasteiger partial charge on any atom is 0.155 e. The van der Waals surface area contributed by atoms with Gasteiger partial charge in [-0.2, -0.15) is 0 Å². The first-order valence-corrected chi connectivity index (χ1v) is 5.93. The van der Waals surface area contributed by atoms with Gasteiger partial charge in [-0.15, -0.1) is 0 Å². The van der Waals surface area contributed by atoms with E-state index in [0.717, 1.165) is 5.69 Å². The molecule has 0 aliphatic rings. The van der Waals surface area contributed by atoms with Crippen LogP contribution in [0.15, 0.2) is 30.3 Å². The quantitative estimate of drug-likeness (QED) is 0.842. The molecule has 100 valence electrons. The number of ether oxygens (including phenoxy) is 2. The van der Waals surface area contributed by atoms with Crippen molar-refractivity contribution in [2.24, 2.45) is 0 Å². The van der Waals surface area contributed by atoms with Crippen LogP contribution in [0.25, 0.3) is 0 Å². The monoisotopic (exact) mass is 279 g/mol. The second kappa shape index (κ2) is 5.67. The molecule has 1 aromatic carbocycles. The summed E-state index contributed by atoms with van der Waals surface area (Å²) in [5.41, 5.74) is 7.06. The smallest absolute Gasteiger partial charge is 0.155 e. The van der Waals surface area contributed by atoms with E-state index in [1.807, 2.05) is 12.1 Å². The number of pyridine rings is 1. The van der Waals surface area contributed by atoms with E-state index < -0.39 is 0 Å². The van der Waals surface area contributed by atoms with Crippen molar-refractivity contribution in [3.05, 3.63) is 35.5 Å². The number of nitrogens with two attached hydrogens (primary N) is 1. The second-order valence-electron chi connectivity index (χ2n) is 3.76. The zero-order valence-corrected chi connectivity index (χ0v) is 11.4. The van der Waals surface area contributed by atoms with Crippen molar-refractivity contribution in [2.75, 3.05) is 25.3 Å². The molecule has 0 radical (unpaired) electrons. The summed E-state index contributed by atoms with van der Waals surface area (Å²) in [7, 11) is 3.17. The largest absolute Gasteiger partial charge is 0.497 e. The van der Waals surface area contributed by atoms with Crippen molar-refractivity contribution in [3.63, 3.8) is 0 Å². The lowest BCUT2D eigenvalue weighted by molar-refractivity contribution is 0.395. The summed E-state index contributed by atoms with van der Waals surface area (Å²) < 4.78 is 10.4. The van der Waals surface area contributed by atoms with Gasteiger partial charge in [0.2, 0.25) is 0 Å². The predicted molar refractivity (Wildman–Crippen MR) is 76.5 cm³/mol. The van der Waals surface area contributed by atoms with Gasteiger partial charge in [-0.3, -0.25) is 0 Å². The minimum Gasteiger partial charge on any atom is -0.497 e. The fourth-order valence-electron chi connectivity index (χ4n) is 1.58. The van der Waals surface area contributed by atoms with Crippen LogP contribution in [-0.2, 0) is 0 Å². The summed E-state index contributed by atoms with van der Waals surface area (Å²) in [4.78, 5) is 4.13. The summed E-state index contributed by atoms with van der Waals surface area (Å²) in [6, 6.07) is 8.72. The predicted octanol–water partition coefficient (Wildman–Crippen LogP) is 3.08. The van der Waals surface area contributed by atoms with Crippen molar-refractivity contribution in [1.82, 2.24) is 4.98 Å². The van der Waals surface area contributed by atoms with E-state index >= 15 is 0 Å². The second-order valence-corrected chi connectivity index (χ2v) is 4.15. The minimum atomic E-state index is 0.365. The zero-order valence-electron chi connectivity index (χ0n) is 10.6. The Bertz CT molecular complexity index is 590. The lowest BCUT2D eigenvalue weighted by atomic mass is 10.2. The van der Waals surface area contributed by atoms with Crippen LogP contribution in [0.4, 0.5) is 17.2 Å².